The lowest BCUT2D eigenvalue weighted by molar-refractivity contribution is -0.137. The molecule has 2 aromatic heterocycles. The zero-order valence-electron chi connectivity index (χ0n) is 15.9. The molecule has 3 heterocycles. The van der Waals surface area contributed by atoms with Gasteiger partial charge < -0.3 is 20.8 Å². The molecular weight excluding hydrogens is 374 g/mol. The Morgan fingerprint density at radius 1 is 1.45 bits per heavy atom. The number of amides is 2. The maximum Gasteiger partial charge on any atom is 0.269 e. The minimum atomic E-state index is -1.69. The van der Waals surface area contributed by atoms with Crippen LogP contribution in [-0.2, 0) is 17.6 Å². The van der Waals surface area contributed by atoms with Gasteiger partial charge in [0, 0.05) is 43.8 Å². The van der Waals surface area contributed by atoms with Crippen molar-refractivity contribution in [1.29, 1.82) is 0 Å². The zero-order chi connectivity index (χ0) is 20.8. The second-order valence-electron chi connectivity index (χ2n) is 7.44. The van der Waals surface area contributed by atoms with Gasteiger partial charge in [-0.05, 0) is 25.0 Å². The average Bonchev–Trinajstić information content (AvgIpc) is 3.20. The third kappa shape index (κ3) is 3.37. The third-order valence-corrected chi connectivity index (χ3v) is 5.37. The summed E-state index contributed by atoms with van der Waals surface area (Å²) in [6.07, 6.45) is 2.65. The molecule has 9 nitrogen and oxygen atoms in total. The second kappa shape index (κ2) is 6.99. The number of fused-ring (bicyclic) bond motifs is 1. The van der Waals surface area contributed by atoms with E-state index in [0.29, 0.717) is 42.9 Å². The van der Waals surface area contributed by atoms with E-state index in [-0.39, 0.29) is 12.1 Å². The molecule has 9 heteroatoms. The number of aliphatic hydroxyl groups is 2. The van der Waals surface area contributed by atoms with Gasteiger partial charge in [0.05, 0.1) is 11.8 Å². The number of aromatic nitrogens is 3. The number of likely N-dealkylation sites (N-methyl/N-ethyl adjacent to an activating group) is 1. The Kier molecular flexibility index (Phi) is 4.61. The van der Waals surface area contributed by atoms with Crippen molar-refractivity contribution in [1.82, 2.24) is 19.7 Å². The highest BCUT2D eigenvalue weighted by Gasteiger charge is 2.42. The van der Waals surface area contributed by atoms with Crippen LogP contribution in [0.5, 0.6) is 0 Å². The van der Waals surface area contributed by atoms with Crippen LogP contribution in [-0.4, -0.2) is 67.0 Å². The number of pyridine rings is 1. The highest BCUT2D eigenvalue weighted by Crippen LogP contribution is 2.27. The van der Waals surface area contributed by atoms with Crippen molar-refractivity contribution < 1.29 is 19.8 Å². The minimum Gasteiger partial charge on any atom is -0.393 e. The molecule has 1 aliphatic heterocycles. The maximum absolute atomic E-state index is 12.1. The first kappa shape index (κ1) is 19.1. The fourth-order valence-electron chi connectivity index (χ4n) is 3.74. The Labute approximate surface area is 167 Å². The van der Waals surface area contributed by atoms with Crippen LogP contribution in [0.3, 0.4) is 0 Å². The van der Waals surface area contributed by atoms with Crippen molar-refractivity contribution >= 4 is 11.8 Å². The number of hydrogen-bond acceptors (Lipinski definition) is 6. The molecule has 4 rings (SSSR count). The average molecular weight is 395 g/mol. The summed E-state index contributed by atoms with van der Waals surface area (Å²) in [6, 6.07) is 3.31. The molecule has 4 N–H and O–H groups in total. The molecule has 0 radical (unpaired) electrons. The Morgan fingerprint density at radius 2 is 2.24 bits per heavy atom. The van der Waals surface area contributed by atoms with Crippen LogP contribution in [0, 0.1) is 11.8 Å². The normalized spacial score (nSPS) is 23.5. The van der Waals surface area contributed by atoms with Crippen molar-refractivity contribution in [2.45, 2.75) is 37.4 Å². The number of nitrogens with two attached hydrogens (primary N) is 1. The predicted octanol–water partition coefficient (Wildman–Crippen LogP) is -0.839. The van der Waals surface area contributed by atoms with Gasteiger partial charge >= 0.3 is 0 Å². The lowest BCUT2D eigenvalue weighted by Crippen LogP contribution is -2.37. The molecule has 1 saturated heterocycles. The van der Waals surface area contributed by atoms with E-state index in [1.54, 1.807) is 19.2 Å². The molecule has 2 aliphatic rings. The quantitative estimate of drug-likeness (QED) is 0.568. The predicted molar refractivity (Wildman–Crippen MR) is 102 cm³/mol. The van der Waals surface area contributed by atoms with Gasteiger partial charge in [-0.25, -0.2) is 9.67 Å². The summed E-state index contributed by atoms with van der Waals surface area (Å²) in [5.74, 6) is 4.88. The van der Waals surface area contributed by atoms with Gasteiger partial charge in [0.2, 0.25) is 5.60 Å². The molecule has 2 atom stereocenters. The summed E-state index contributed by atoms with van der Waals surface area (Å²) < 4.78 is 1.51. The molecule has 2 amide bonds. The molecule has 0 spiro atoms. The standard InChI is InChI=1S/C20H21N5O4/c1-24-9-7-20(29,19(24)28)6-4-12-5-8-22-16(10-12)25-15-11-13(26)2-3-14(15)17(23-25)18(21)27/h5,8,10,13,26,29H,2-3,7,9,11H2,1H3,(H2,21,27)/t13-,20+/m1/s1. The van der Waals surface area contributed by atoms with Crippen molar-refractivity contribution in [2.75, 3.05) is 13.6 Å². The van der Waals surface area contributed by atoms with E-state index in [1.165, 1.54) is 15.8 Å². The van der Waals surface area contributed by atoms with Crippen LogP contribution in [0.2, 0.25) is 0 Å². The van der Waals surface area contributed by atoms with Crippen molar-refractivity contribution in [2.24, 2.45) is 5.73 Å². The number of rotatable bonds is 2. The Morgan fingerprint density at radius 3 is 2.93 bits per heavy atom. The summed E-state index contributed by atoms with van der Waals surface area (Å²) >= 11 is 0. The van der Waals surface area contributed by atoms with Crippen LogP contribution in [0.15, 0.2) is 18.3 Å². The van der Waals surface area contributed by atoms with E-state index >= 15 is 0 Å². The van der Waals surface area contributed by atoms with Crippen LogP contribution in [0.4, 0.5) is 0 Å². The van der Waals surface area contributed by atoms with Crippen LogP contribution in [0.1, 0.15) is 40.2 Å². The Bertz CT molecular complexity index is 1070. The Hall–Kier alpha value is -3.22. The summed E-state index contributed by atoms with van der Waals surface area (Å²) in [6.45, 7) is 0.448. The van der Waals surface area contributed by atoms with Crippen LogP contribution in [0.25, 0.3) is 5.82 Å². The summed E-state index contributed by atoms with van der Waals surface area (Å²) in [4.78, 5) is 29.6. The number of carbonyl (C=O) groups excluding carboxylic acids is 2. The lowest BCUT2D eigenvalue weighted by Gasteiger charge is -2.18. The molecular formula is C20H21N5O4. The summed E-state index contributed by atoms with van der Waals surface area (Å²) in [7, 11) is 1.62. The van der Waals surface area contributed by atoms with Crippen molar-refractivity contribution in [3.8, 4) is 17.7 Å². The minimum absolute atomic E-state index is 0.180. The largest absolute Gasteiger partial charge is 0.393 e. The van der Waals surface area contributed by atoms with Gasteiger partial charge in [-0.1, -0.05) is 11.8 Å². The van der Waals surface area contributed by atoms with Gasteiger partial charge in [-0.2, -0.15) is 5.10 Å². The van der Waals surface area contributed by atoms with Gasteiger partial charge in [0.25, 0.3) is 11.8 Å². The van der Waals surface area contributed by atoms with E-state index in [9.17, 15) is 19.8 Å². The van der Waals surface area contributed by atoms with Gasteiger partial charge in [-0.15, -0.1) is 0 Å². The second-order valence-corrected chi connectivity index (χ2v) is 7.44. The molecule has 0 saturated carbocycles. The number of likely N-dealkylation sites (tertiary alicyclic amines) is 1. The number of carbonyl (C=O) groups is 2. The summed E-state index contributed by atoms with van der Waals surface area (Å²) in [5, 5.41) is 24.8. The van der Waals surface area contributed by atoms with Crippen LogP contribution >= 0.6 is 0 Å². The third-order valence-electron chi connectivity index (χ3n) is 5.37. The Balaban J connectivity index is 1.72. The van der Waals surface area contributed by atoms with E-state index in [2.05, 4.69) is 21.9 Å². The first-order valence-corrected chi connectivity index (χ1v) is 9.34. The highest BCUT2D eigenvalue weighted by molar-refractivity contribution is 5.93. The van der Waals surface area contributed by atoms with Gasteiger partial charge in [-0.3, -0.25) is 9.59 Å². The fourth-order valence-corrected chi connectivity index (χ4v) is 3.74. The SMILES string of the molecule is CN1CC[C@@](O)(C#Cc2ccnc(-n3nc(C(N)=O)c4c3C[C@H](O)CC4)c2)C1=O. The van der Waals surface area contributed by atoms with Gasteiger partial charge in [0.15, 0.2) is 11.5 Å². The maximum atomic E-state index is 12.1. The molecule has 0 bridgehead atoms. The number of nitrogens with zero attached hydrogens (tertiary/aromatic N) is 4. The topological polar surface area (TPSA) is 135 Å². The molecule has 0 aromatic carbocycles. The van der Waals surface area contributed by atoms with Crippen molar-refractivity contribution in [3.63, 3.8) is 0 Å². The first-order chi connectivity index (χ1) is 13.8. The molecule has 1 fully saturated rings. The molecule has 2 aromatic rings. The number of hydrogen-bond donors (Lipinski definition) is 3. The molecule has 150 valence electrons. The van der Waals surface area contributed by atoms with Gasteiger partial charge in [0.1, 0.15) is 0 Å². The highest BCUT2D eigenvalue weighted by atomic mass is 16.3. The monoisotopic (exact) mass is 395 g/mol. The summed E-state index contributed by atoms with van der Waals surface area (Å²) in [5.41, 5.74) is 5.92. The van der Waals surface area contributed by atoms with E-state index in [1.807, 2.05) is 0 Å². The van der Waals surface area contributed by atoms with Crippen LogP contribution < -0.4 is 5.73 Å². The molecule has 0 unspecified atom stereocenters. The smallest absolute Gasteiger partial charge is 0.269 e. The number of aliphatic hydroxyl groups excluding tert-OH is 1. The fraction of sp³-hybridized carbons (Fsp3) is 0.400. The van der Waals surface area contributed by atoms with Crippen molar-refractivity contribution in [3.05, 3.63) is 40.8 Å². The number of primary amides is 1. The van der Waals surface area contributed by atoms with E-state index < -0.39 is 23.5 Å². The first-order valence-electron chi connectivity index (χ1n) is 9.34. The zero-order valence-corrected chi connectivity index (χ0v) is 15.9. The molecule has 1 aliphatic carbocycles. The lowest BCUT2D eigenvalue weighted by atomic mass is 9.93. The molecule has 29 heavy (non-hydrogen) atoms. The van der Waals surface area contributed by atoms with E-state index in [4.69, 9.17) is 5.73 Å². The van der Waals surface area contributed by atoms with E-state index in [0.717, 1.165) is 5.56 Å².